The summed E-state index contributed by atoms with van der Waals surface area (Å²) >= 11 is 0. The molecule has 3 N–H and O–H groups in total. The van der Waals surface area contributed by atoms with E-state index >= 15 is 0 Å². The van der Waals surface area contributed by atoms with E-state index in [1.807, 2.05) is 0 Å². The van der Waals surface area contributed by atoms with Gasteiger partial charge in [-0.1, -0.05) is 0 Å². The number of halogens is 2. The van der Waals surface area contributed by atoms with Gasteiger partial charge in [0.2, 0.25) is 5.91 Å². The molecule has 6 heteroatoms. The molecule has 0 fully saturated rings. The van der Waals surface area contributed by atoms with Crippen LogP contribution in [0, 0.1) is 5.41 Å². The lowest BCUT2D eigenvalue weighted by Gasteiger charge is -2.21. The molecule has 0 aliphatic carbocycles. The summed E-state index contributed by atoms with van der Waals surface area (Å²) in [5, 5.41) is 2.65. The second kappa shape index (κ2) is 5.77. The molecule has 1 rings (SSSR count). The standard InChI is InChI=1S/C12H16F2N2O2/c1-12(2,7-15)10(17)16-8-3-5-9(6-4-8)18-11(13)14/h3-6,11H,7,15H2,1-2H3,(H,16,17). The highest BCUT2D eigenvalue weighted by Gasteiger charge is 2.25. The molecule has 0 atom stereocenters. The zero-order valence-electron chi connectivity index (χ0n) is 10.2. The molecule has 0 radical (unpaired) electrons. The summed E-state index contributed by atoms with van der Waals surface area (Å²) < 4.78 is 28.1. The van der Waals surface area contributed by atoms with Crippen molar-refractivity contribution < 1.29 is 18.3 Å². The topological polar surface area (TPSA) is 64.4 Å². The third-order valence-electron chi connectivity index (χ3n) is 2.46. The van der Waals surface area contributed by atoms with Crippen LogP contribution in [0.3, 0.4) is 0 Å². The van der Waals surface area contributed by atoms with Crippen molar-refractivity contribution in [3.63, 3.8) is 0 Å². The predicted molar refractivity (Wildman–Crippen MR) is 64.5 cm³/mol. The summed E-state index contributed by atoms with van der Waals surface area (Å²) in [6, 6.07) is 5.69. The Morgan fingerprint density at radius 1 is 1.39 bits per heavy atom. The summed E-state index contributed by atoms with van der Waals surface area (Å²) in [7, 11) is 0. The van der Waals surface area contributed by atoms with Crippen LogP contribution in [0.2, 0.25) is 0 Å². The van der Waals surface area contributed by atoms with Gasteiger partial charge in [0.25, 0.3) is 0 Å². The Hall–Kier alpha value is -1.69. The number of hydrogen-bond donors (Lipinski definition) is 2. The highest BCUT2D eigenvalue weighted by Crippen LogP contribution is 2.20. The number of benzene rings is 1. The van der Waals surface area contributed by atoms with Gasteiger partial charge in [0.1, 0.15) is 5.75 Å². The second-order valence-corrected chi connectivity index (χ2v) is 4.45. The van der Waals surface area contributed by atoms with Crippen LogP contribution >= 0.6 is 0 Å². The van der Waals surface area contributed by atoms with Gasteiger partial charge in [-0.2, -0.15) is 8.78 Å². The monoisotopic (exact) mass is 258 g/mol. The molecular weight excluding hydrogens is 242 g/mol. The van der Waals surface area contributed by atoms with Crippen molar-refractivity contribution in [1.82, 2.24) is 0 Å². The Morgan fingerprint density at radius 2 is 1.94 bits per heavy atom. The summed E-state index contributed by atoms with van der Waals surface area (Å²) in [5.74, 6) is -0.186. The lowest BCUT2D eigenvalue weighted by atomic mass is 9.92. The minimum atomic E-state index is -2.86. The SMILES string of the molecule is CC(C)(CN)C(=O)Nc1ccc(OC(F)F)cc1. The molecule has 100 valence electrons. The van der Waals surface area contributed by atoms with Gasteiger partial charge in [0.15, 0.2) is 0 Å². The van der Waals surface area contributed by atoms with Gasteiger partial charge in [-0.25, -0.2) is 0 Å². The van der Waals surface area contributed by atoms with E-state index < -0.39 is 12.0 Å². The van der Waals surface area contributed by atoms with Crippen LogP contribution in [0.15, 0.2) is 24.3 Å². The second-order valence-electron chi connectivity index (χ2n) is 4.45. The Bertz CT molecular complexity index is 405. The number of nitrogens with two attached hydrogens (primary N) is 1. The van der Waals surface area contributed by atoms with E-state index in [1.54, 1.807) is 13.8 Å². The third-order valence-corrected chi connectivity index (χ3v) is 2.46. The number of amides is 1. The quantitative estimate of drug-likeness (QED) is 0.851. The summed E-state index contributed by atoms with van der Waals surface area (Å²) in [5.41, 5.74) is 5.30. The van der Waals surface area contributed by atoms with Gasteiger partial charge in [-0.15, -0.1) is 0 Å². The minimum absolute atomic E-state index is 0.0427. The third kappa shape index (κ3) is 3.96. The van der Waals surface area contributed by atoms with Crippen molar-refractivity contribution >= 4 is 11.6 Å². The van der Waals surface area contributed by atoms with Crippen LogP contribution < -0.4 is 15.8 Å². The average molecular weight is 258 g/mol. The van der Waals surface area contributed by atoms with E-state index in [2.05, 4.69) is 10.1 Å². The van der Waals surface area contributed by atoms with Gasteiger partial charge in [0.05, 0.1) is 5.41 Å². The van der Waals surface area contributed by atoms with Crippen molar-refractivity contribution in [2.24, 2.45) is 11.1 Å². The van der Waals surface area contributed by atoms with Crippen LogP contribution in [0.25, 0.3) is 0 Å². The molecule has 0 unspecified atom stereocenters. The molecule has 0 aliphatic heterocycles. The van der Waals surface area contributed by atoms with Crippen LogP contribution in [0.5, 0.6) is 5.75 Å². The molecule has 18 heavy (non-hydrogen) atoms. The first-order chi connectivity index (χ1) is 8.35. The molecule has 0 aliphatic rings. The number of carbonyl (C=O) groups excluding carboxylic acids is 1. The van der Waals surface area contributed by atoms with E-state index in [1.165, 1.54) is 24.3 Å². The van der Waals surface area contributed by atoms with Crippen molar-refractivity contribution in [2.45, 2.75) is 20.5 Å². The Kier molecular flexibility index (Phi) is 4.61. The predicted octanol–water partition coefficient (Wildman–Crippen LogP) is 2.21. The van der Waals surface area contributed by atoms with Gasteiger partial charge in [0, 0.05) is 12.2 Å². The Morgan fingerprint density at radius 3 is 2.39 bits per heavy atom. The molecule has 0 spiro atoms. The maximum absolute atomic E-state index is 11.9. The number of hydrogen-bond acceptors (Lipinski definition) is 3. The fourth-order valence-electron chi connectivity index (χ4n) is 1.11. The molecule has 0 saturated heterocycles. The molecule has 1 aromatic carbocycles. The Labute approximate surface area is 104 Å². The molecule has 1 aromatic rings. The molecule has 0 aromatic heterocycles. The highest BCUT2D eigenvalue weighted by atomic mass is 19.3. The smallest absolute Gasteiger partial charge is 0.387 e. The zero-order chi connectivity index (χ0) is 13.8. The van der Waals surface area contributed by atoms with Gasteiger partial charge >= 0.3 is 6.61 Å². The minimum Gasteiger partial charge on any atom is -0.435 e. The summed E-state index contributed by atoms with van der Waals surface area (Å²) in [4.78, 5) is 11.8. The average Bonchev–Trinajstić information content (AvgIpc) is 2.31. The molecule has 0 saturated carbocycles. The molecule has 1 amide bonds. The van der Waals surface area contributed by atoms with Crippen molar-refractivity contribution in [3.05, 3.63) is 24.3 Å². The largest absolute Gasteiger partial charge is 0.435 e. The first-order valence-corrected chi connectivity index (χ1v) is 5.41. The van der Waals surface area contributed by atoms with Crippen LogP contribution in [-0.2, 0) is 4.79 Å². The van der Waals surface area contributed by atoms with E-state index in [4.69, 9.17) is 5.73 Å². The van der Waals surface area contributed by atoms with Crippen molar-refractivity contribution in [1.29, 1.82) is 0 Å². The normalized spacial score (nSPS) is 11.4. The van der Waals surface area contributed by atoms with Gasteiger partial charge in [-0.3, -0.25) is 4.79 Å². The lowest BCUT2D eigenvalue weighted by molar-refractivity contribution is -0.123. The van der Waals surface area contributed by atoms with E-state index in [-0.39, 0.29) is 18.2 Å². The van der Waals surface area contributed by atoms with Crippen LogP contribution in [0.1, 0.15) is 13.8 Å². The van der Waals surface area contributed by atoms with Gasteiger partial charge in [-0.05, 0) is 38.1 Å². The van der Waals surface area contributed by atoms with E-state index in [0.29, 0.717) is 5.69 Å². The number of anilines is 1. The van der Waals surface area contributed by atoms with Crippen LogP contribution in [-0.4, -0.2) is 19.1 Å². The molecule has 0 heterocycles. The fraction of sp³-hybridized carbons (Fsp3) is 0.417. The molecule has 4 nitrogen and oxygen atoms in total. The highest BCUT2D eigenvalue weighted by molar-refractivity contribution is 5.94. The Balaban J connectivity index is 2.67. The molecular formula is C12H16F2N2O2. The maximum Gasteiger partial charge on any atom is 0.387 e. The van der Waals surface area contributed by atoms with Crippen molar-refractivity contribution in [2.75, 3.05) is 11.9 Å². The maximum atomic E-state index is 11.9. The first-order valence-electron chi connectivity index (χ1n) is 5.41. The van der Waals surface area contributed by atoms with E-state index in [0.717, 1.165) is 0 Å². The summed E-state index contributed by atoms with van der Waals surface area (Å²) in [6.07, 6.45) is 0. The lowest BCUT2D eigenvalue weighted by Crippen LogP contribution is -2.37. The first kappa shape index (κ1) is 14.4. The number of carbonyl (C=O) groups is 1. The fourth-order valence-corrected chi connectivity index (χ4v) is 1.11. The van der Waals surface area contributed by atoms with Gasteiger partial charge < -0.3 is 15.8 Å². The molecule has 0 bridgehead atoms. The van der Waals surface area contributed by atoms with E-state index in [9.17, 15) is 13.6 Å². The van der Waals surface area contributed by atoms with Crippen LogP contribution in [0.4, 0.5) is 14.5 Å². The number of alkyl halides is 2. The van der Waals surface area contributed by atoms with Crippen molar-refractivity contribution in [3.8, 4) is 5.75 Å². The number of rotatable bonds is 5. The number of ether oxygens (including phenoxy) is 1. The summed E-state index contributed by atoms with van der Waals surface area (Å²) in [6.45, 7) is 0.792. The zero-order valence-corrected chi connectivity index (χ0v) is 10.2. The number of nitrogens with one attached hydrogen (secondary N) is 1.